The molecule has 1 atom stereocenters. The van der Waals surface area contributed by atoms with Gasteiger partial charge in [0.05, 0.1) is 24.5 Å². The van der Waals surface area contributed by atoms with E-state index in [1.165, 1.54) is 11.8 Å². The van der Waals surface area contributed by atoms with Gasteiger partial charge in [0.15, 0.2) is 0 Å². The summed E-state index contributed by atoms with van der Waals surface area (Å²) in [6.45, 7) is 12.1. The second-order valence-electron chi connectivity index (χ2n) is 6.41. The number of thioether (sulfide) groups is 1. The van der Waals surface area contributed by atoms with Crippen LogP contribution in [0.15, 0.2) is 5.03 Å². The summed E-state index contributed by atoms with van der Waals surface area (Å²) in [6.07, 6.45) is 1.94. The Bertz CT molecular complexity index is 574. The molecule has 1 amide bonds. The van der Waals surface area contributed by atoms with Gasteiger partial charge in [0.2, 0.25) is 0 Å². The first-order valence-corrected chi connectivity index (χ1v) is 9.69. The molecule has 24 heavy (non-hydrogen) atoms. The van der Waals surface area contributed by atoms with Gasteiger partial charge in [0.1, 0.15) is 10.9 Å². The van der Waals surface area contributed by atoms with E-state index in [2.05, 4.69) is 41.0 Å². The van der Waals surface area contributed by atoms with Gasteiger partial charge in [-0.25, -0.2) is 9.97 Å². The third kappa shape index (κ3) is 4.68. The molecule has 1 saturated heterocycles. The fourth-order valence-corrected chi connectivity index (χ4v) is 3.34. The molecule has 1 N–H and O–H groups in total. The average molecular weight is 353 g/mol. The van der Waals surface area contributed by atoms with Crippen molar-refractivity contribution < 1.29 is 9.53 Å². The topological polar surface area (TPSA) is 67.4 Å². The number of carbonyl (C=O) groups excluding carboxylic acids is 1. The molecule has 1 aliphatic heterocycles. The van der Waals surface area contributed by atoms with E-state index in [1.807, 2.05) is 13.2 Å². The lowest BCUT2D eigenvalue weighted by Crippen LogP contribution is -2.47. The number of ether oxygens (including phenoxy) is 1. The van der Waals surface area contributed by atoms with Gasteiger partial charge in [-0.3, -0.25) is 9.69 Å². The van der Waals surface area contributed by atoms with E-state index in [-0.39, 0.29) is 17.9 Å². The summed E-state index contributed by atoms with van der Waals surface area (Å²) in [5, 5.41) is 3.80. The minimum atomic E-state index is -0.0905. The van der Waals surface area contributed by atoms with Crippen molar-refractivity contribution in [3.63, 3.8) is 0 Å². The normalized spacial score (nSPS) is 17.1. The number of carbonyl (C=O) groups is 1. The minimum Gasteiger partial charge on any atom is -0.379 e. The van der Waals surface area contributed by atoms with Crippen LogP contribution < -0.4 is 5.32 Å². The maximum atomic E-state index is 12.7. The Kier molecular flexibility index (Phi) is 7.01. The number of nitrogens with zero attached hydrogens (tertiary/aromatic N) is 3. The minimum absolute atomic E-state index is 0.0905. The fraction of sp³-hybridized carbons (Fsp3) is 0.706. The first kappa shape index (κ1) is 19.1. The number of aryl methyl sites for hydroxylation is 1. The van der Waals surface area contributed by atoms with Gasteiger partial charge in [-0.2, -0.15) is 0 Å². The van der Waals surface area contributed by atoms with Crippen LogP contribution in [0.25, 0.3) is 0 Å². The zero-order valence-corrected chi connectivity index (χ0v) is 16.1. The zero-order valence-electron chi connectivity index (χ0n) is 15.3. The van der Waals surface area contributed by atoms with Crippen LogP contribution in [0.3, 0.4) is 0 Å². The number of aromatic nitrogens is 2. The van der Waals surface area contributed by atoms with Gasteiger partial charge in [-0.05, 0) is 20.1 Å². The van der Waals surface area contributed by atoms with E-state index >= 15 is 0 Å². The Labute approximate surface area is 148 Å². The van der Waals surface area contributed by atoms with Crippen LogP contribution in [-0.4, -0.2) is 65.9 Å². The van der Waals surface area contributed by atoms with Crippen molar-refractivity contribution in [1.82, 2.24) is 20.2 Å². The maximum absolute atomic E-state index is 12.7. The first-order chi connectivity index (χ1) is 11.4. The highest BCUT2D eigenvalue weighted by molar-refractivity contribution is 7.98. The van der Waals surface area contributed by atoms with Crippen LogP contribution in [0.5, 0.6) is 0 Å². The van der Waals surface area contributed by atoms with Gasteiger partial charge >= 0.3 is 0 Å². The largest absolute Gasteiger partial charge is 0.379 e. The van der Waals surface area contributed by atoms with Gasteiger partial charge in [-0.15, -0.1) is 11.8 Å². The van der Waals surface area contributed by atoms with Gasteiger partial charge < -0.3 is 10.1 Å². The molecule has 0 bridgehead atoms. The SMILES string of the molecule is CSc1nc(C(C)C)nc(C)c1C(=O)NCC(C)N1CCOCC1. The Morgan fingerprint density at radius 3 is 2.54 bits per heavy atom. The Balaban J connectivity index is 2.06. The second-order valence-corrected chi connectivity index (χ2v) is 7.21. The summed E-state index contributed by atoms with van der Waals surface area (Å²) in [6, 6.07) is 0.284. The molecule has 0 aromatic carbocycles. The Hall–Kier alpha value is -1.18. The predicted octanol–water partition coefficient (Wildman–Crippen LogP) is 2.08. The number of hydrogen-bond donors (Lipinski definition) is 1. The molecular formula is C17H28N4O2S. The summed E-state index contributed by atoms with van der Waals surface area (Å²) in [5.41, 5.74) is 1.34. The Morgan fingerprint density at radius 2 is 1.96 bits per heavy atom. The Morgan fingerprint density at radius 1 is 1.29 bits per heavy atom. The van der Waals surface area contributed by atoms with Crippen LogP contribution in [-0.2, 0) is 4.74 Å². The van der Waals surface area contributed by atoms with E-state index < -0.39 is 0 Å². The van der Waals surface area contributed by atoms with E-state index in [4.69, 9.17) is 4.74 Å². The average Bonchev–Trinajstić information content (AvgIpc) is 2.59. The zero-order chi connectivity index (χ0) is 17.7. The number of hydrogen-bond acceptors (Lipinski definition) is 6. The number of morpholine rings is 1. The van der Waals surface area contributed by atoms with E-state index in [9.17, 15) is 4.79 Å². The highest BCUT2D eigenvalue weighted by Gasteiger charge is 2.21. The van der Waals surface area contributed by atoms with E-state index in [1.54, 1.807) is 0 Å². The van der Waals surface area contributed by atoms with Crippen LogP contribution in [0.4, 0.5) is 0 Å². The van der Waals surface area contributed by atoms with Gasteiger partial charge in [-0.1, -0.05) is 13.8 Å². The molecule has 0 saturated carbocycles. The van der Waals surface area contributed by atoms with Gasteiger partial charge in [0, 0.05) is 31.6 Å². The molecule has 0 aliphatic carbocycles. The molecule has 1 aromatic heterocycles. The quantitative estimate of drug-likeness (QED) is 0.624. The lowest BCUT2D eigenvalue weighted by Gasteiger charge is -2.32. The highest BCUT2D eigenvalue weighted by atomic mass is 32.2. The van der Waals surface area contributed by atoms with Crippen LogP contribution in [0.1, 0.15) is 48.6 Å². The molecule has 1 aliphatic rings. The lowest BCUT2D eigenvalue weighted by molar-refractivity contribution is 0.0204. The van der Waals surface area contributed by atoms with Gasteiger partial charge in [0.25, 0.3) is 5.91 Å². The highest BCUT2D eigenvalue weighted by Crippen LogP contribution is 2.23. The summed E-state index contributed by atoms with van der Waals surface area (Å²) < 4.78 is 5.37. The van der Waals surface area contributed by atoms with Crippen molar-refractivity contribution in [1.29, 1.82) is 0 Å². The molecule has 0 spiro atoms. The third-order valence-corrected chi connectivity index (χ3v) is 4.92. The van der Waals surface area contributed by atoms with Crippen molar-refractivity contribution in [3.8, 4) is 0 Å². The molecule has 1 unspecified atom stereocenters. The van der Waals surface area contributed by atoms with Crippen LogP contribution in [0.2, 0.25) is 0 Å². The smallest absolute Gasteiger partial charge is 0.255 e. The lowest BCUT2D eigenvalue weighted by atomic mass is 10.1. The van der Waals surface area contributed by atoms with E-state index in [0.29, 0.717) is 12.1 Å². The molecule has 2 heterocycles. The second kappa shape index (κ2) is 8.78. The summed E-state index contributed by atoms with van der Waals surface area (Å²) in [5.74, 6) is 0.940. The number of amides is 1. The molecular weight excluding hydrogens is 324 g/mol. The van der Waals surface area contributed by atoms with Crippen molar-refractivity contribution in [2.24, 2.45) is 0 Å². The number of nitrogens with one attached hydrogen (secondary N) is 1. The maximum Gasteiger partial charge on any atom is 0.255 e. The number of rotatable bonds is 6. The molecule has 1 fully saturated rings. The summed E-state index contributed by atoms with van der Waals surface area (Å²) in [7, 11) is 0. The standard InChI is InChI=1S/C17H28N4O2S/c1-11(2)15-19-13(4)14(17(20-15)24-5)16(22)18-10-12(3)21-6-8-23-9-7-21/h11-12H,6-10H2,1-5H3,(H,18,22). The molecule has 7 heteroatoms. The predicted molar refractivity (Wildman–Crippen MR) is 96.8 cm³/mol. The van der Waals surface area contributed by atoms with Crippen molar-refractivity contribution in [3.05, 3.63) is 17.1 Å². The molecule has 6 nitrogen and oxygen atoms in total. The van der Waals surface area contributed by atoms with Crippen LogP contribution >= 0.6 is 11.8 Å². The van der Waals surface area contributed by atoms with Crippen molar-refractivity contribution >= 4 is 17.7 Å². The molecule has 0 radical (unpaired) electrons. The van der Waals surface area contributed by atoms with Crippen molar-refractivity contribution in [2.45, 2.75) is 44.7 Å². The molecule has 2 rings (SSSR count). The van der Waals surface area contributed by atoms with E-state index in [0.717, 1.165) is 42.8 Å². The summed E-state index contributed by atoms with van der Waals surface area (Å²) in [4.78, 5) is 24.1. The molecule has 134 valence electrons. The monoisotopic (exact) mass is 352 g/mol. The molecule has 1 aromatic rings. The summed E-state index contributed by atoms with van der Waals surface area (Å²) >= 11 is 1.49. The van der Waals surface area contributed by atoms with Crippen LogP contribution in [0, 0.1) is 6.92 Å². The first-order valence-electron chi connectivity index (χ1n) is 8.46. The third-order valence-electron chi connectivity index (χ3n) is 4.24. The van der Waals surface area contributed by atoms with Crippen molar-refractivity contribution in [2.75, 3.05) is 39.1 Å². The fourth-order valence-electron chi connectivity index (χ4n) is 2.71.